The molecule has 0 fully saturated rings. The highest BCUT2D eigenvalue weighted by Gasteiger charge is 2.41. The van der Waals surface area contributed by atoms with Crippen LogP contribution in [0.3, 0.4) is 0 Å². The van der Waals surface area contributed by atoms with Gasteiger partial charge in [0.1, 0.15) is 29.1 Å². The third kappa shape index (κ3) is 4.02. The number of rotatable bonds is 6. The molecule has 1 aliphatic rings. The Morgan fingerprint density at radius 1 is 1.03 bits per heavy atom. The van der Waals surface area contributed by atoms with Crippen molar-refractivity contribution in [1.82, 2.24) is 4.98 Å². The summed E-state index contributed by atoms with van der Waals surface area (Å²) in [6, 6.07) is 16.7. The Morgan fingerprint density at radius 3 is 2.58 bits per heavy atom. The first-order chi connectivity index (χ1) is 16.0. The summed E-state index contributed by atoms with van der Waals surface area (Å²) in [7, 11) is 0. The van der Waals surface area contributed by atoms with Gasteiger partial charge < -0.3 is 4.42 Å². The van der Waals surface area contributed by atoms with Gasteiger partial charge in [0.2, 0.25) is 6.04 Å². The van der Waals surface area contributed by atoms with E-state index in [0.717, 1.165) is 23.8 Å². The third-order valence-electron chi connectivity index (χ3n) is 5.80. The Morgan fingerprint density at radius 2 is 1.82 bits per heavy atom. The van der Waals surface area contributed by atoms with Crippen LogP contribution < -0.4 is 9.88 Å². The van der Waals surface area contributed by atoms with E-state index in [9.17, 15) is 13.6 Å². The van der Waals surface area contributed by atoms with E-state index in [0.29, 0.717) is 29.4 Å². The molecule has 166 valence electrons. The molecule has 33 heavy (non-hydrogen) atoms. The predicted octanol–water partition coefficient (Wildman–Crippen LogP) is 4.74. The smallest absolute Gasteiger partial charge is 0.359 e. The van der Waals surface area contributed by atoms with E-state index in [1.807, 2.05) is 49.4 Å². The zero-order valence-corrected chi connectivity index (χ0v) is 18.0. The molecule has 5 nitrogen and oxygen atoms in total. The minimum Gasteiger partial charge on any atom is -0.466 e. The lowest BCUT2D eigenvalue weighted by Crippen LogP contribution is -2.44. The van der Waals surface area contributed by atoms with Gasteiger partial charge in [-0.05, 0) is 23.8 Å². The lowest BCUT2D eigenvalue weighted by Gasteiger charge is -2.08. The summed E-state index contributed by atoms with van der Waals surface area (Å²) in [6.45, 7) is 2.00. The Balaban J connectivity index is 1.55. The molecule has 0 saturated heterocycles. The number of carbonyl (C=O) groups excluding carboxylic acids is 1. The lowest BCUT2D eigenvalue weighted by atomic mass is 10.1. The zero-order chi connectivity index (χ0) is 22.9. The first-order valence-electron chi connectivity index (χ1n) is 10.9. The number of benzene rings is 2. The van der Waals surface area contributed by atoms with Crippen LogP contribution in [0.15, 0.2) is 71.3 Å². The number of fused-ring (bicyclic) bond motifs is 1. The van der Waals surface area contributed by atoms with Crippen LogP contribution in [-0.4, -0.2) is 16.9 Å². The molecule has 1 aliphatic heterocycles. The van der Waals surface area contributed by atoms with Gasteiger partial charge in [-0.15, -0.1) is 0 Å². The minimum atomic E-state index is -0.914. The maximum absolute atomic E-state index is 14.4. The maximum Gasteiger partial charge on any atom is 0.359 e. The molecule has 0 bridgehead atoms. The quantitative estimate of drug-likeness (QED) is 0.435. The van der Waals surface area contributed by atoms with E-state index in [1.54, 1.807) is 6.20 Å². The van der Waals surface area contributed by atoms with E-state index in [1.165, 1.54) is 16.7 Å². The molecule has 1 atom stereocenters. The van der Waals surface area contributed by atoms with Gasteiger partial charge in [0.05, 0.1) is 6.42 Å². The molecule has 2 aromatic carbocycles. The number of anilines is 1. The van der Waals surface area contributed by atoms with Gasteiger partial charge in [-0.2, -0.15) is 4.57 Å². The molecule has 0 amide bonds. The van der Waals surface area contributed by atoms with Crippen molar-refractivity contribution < 1.29 is 22.6 Å². The SMILES string of the molecule is CCc1ccc(CC2Nc3c(Cc4cccc(F)c4F)nc(-c4ccccc4)c[n+]3C2=O)o1. The second-order valence-corrected chi connectivity index (χ2v) is 8.01. The Kier molecular flexibility index (Phi) is 5.46. The summed E-state index contributed by atoms with van der Waals surface area (Å²) in [4.78, 5) is 18.0. The van der Waals surface area contributed by atoms with E-state index in [4.69, 9.17) is 9.40 Å². The highest BCUT2D eigenvalue weighted by Crippen LogP contribution is 2.26. The normalized spacial score (nSPS) is 14.9. The number of nitrogens with zero attached hydrogens (tertiary/aromatic N) is 2. The van der Waals surface area contributed by atoms with Gasteiger partial charge in [-0.25, -0.2) is 18.6 Å². The number of furan rings is 1. The fraction of sp³-hybridized carbons (Fsp3) is 0.192. The molecule has 0 aliphatic carbocycles. The number of hydrogen-bond acceptors (Lipinski definition) is 4. The van der Waals surface area contributed by atoms with Crippen LogP contribution in [0.1, 0.15) is 34.5 Å². The number of carbonyl (C=O) groups is 1. The van der Waals surface area contributed by atoms with Crippen molar-refractivity contribution in [3.63, 3.8) is 0 Å². The summed E-state index contributed by atoms with van der Waals surface area (Å²) >= 11 is 0. The van der Waals surface area contributed by atoms with Crippen LogP contribution >= 0.6 is 0 Å². The van der Waals surface area contributed by atoms with E-state index in [2.05, 4.69) is 5.32 Å². The molecular formula is C26H22F2N3O2+. The van der Waals surface area contributed by atoms with Crippen LogP contribution in [0.5, 0.6) is 0 Å². The molecule has 4 aromatic rings. The van der Waals surface area contributed by atoms with E-state index < -0.39 is 17.7 Å². The molecule has 3 heterocycles. The maximum atomic E-state index is 14.4. The van der Waals surface area contributed by atoms with E-state index >= 15 is 0 Å². The minimum absolute atomic E-state index is 0.0351. The molecule has 0 saturated carbocycles. The third-order valence-corrected chi connectivity index (χ3v) is 5.80. The average Bonchev–Trinajstić information content (AvgIpc) is 3.42. The monoisotopic (exact) mass is 446 g/mol. The first kappa shape index (κ1) is 21.0. The van der Waals surface area contributed by atoms with Crippen molar-refractivity contribution >= 4 is 11.7 Å². The van der Waals surface area contributed by atoms with Crippen LogP contribution in [-0.2, 0) is 19.3 Å². The molecule has 2 aromatic heterocycles. The van der Waals surface area contributed by atoms with Gasteiger partial charge >= 0.3 is 11.7 Å². The highest BCUT2D eigenvalue weighted by molar-refractivity contribution is 5.82. The highest BCUT2D eigenvalue weighted by atomic mass is 19.2. The summed E-state index contributed by atoms with van der Waals surface area (Å²) in [6.07, 6.45) is 2.86. The Hall–Kier alpha value is -3.87. The fourth-order valence-electron chi connectivity index (χ4n) is 4.07. The van der Waals surface area contributed by atoms with Gasteiger partial charge in [-0.3, -0.25) is 5.32 Å². The van der Waals surface area contributed by atoms with Crippen molar-refractivity contribution in [2.45, 2.75) is 32.2 Å². The number of aromatic nitrogens is 2. The summed E-state index contributed by atoms with van der Waals surface area (Å²) in [5.41, 5.74) is 2.04. The van der Waals surface area contributed by atoms with Crippen molar-refractivity contribution in [2.24, 2.45) is 0 Å². The fourth-order valence-corrected chi connectivity index (χ4v) is 4.07. The topological polar surface area (TPSA) is 59.0 Å². The second kappa shape index (κ2) is 8.58. The molecule has 0 radical (unpaired) electrons. The number of aryl methyl sites for hydroxylation is 1. The summed E-state index contributed by atoms with van der Waals surface area (Å²) < 4.78 is 35.6. The molecule has 7 heteroatoms. The first-order valence-corrected chi connectivity index (χ1v) is 10.9. The molecule has 5 rings (SSSR count). The van der Waals surface area contributed by atoms with Gasteiger partial charge in [0, 0.05) is 18.4 Å². The standard InChI is InChI=1S/C26H21F2N3O2/c1-2-18-11-12-19(33-18)14-22-26(32)31-15-23(16-7-4-3-5-8-16)29-21(25(31)30-22)13-17-9-6-10-20(27)24(17)28/h3-12,15,22H,2,13-14H2,1H3/p+1. The Labute approximate surface area is 189 Å². The zero-order valence-electron chi connectivity index (χ0n) is 18.0. The molecule has 1 unspecified atom stereocenters. The van der Waals surface area contributed by atoms with Crippen LogP contribution in [0.2, 0.25) is 0 Å². The van der Waals surface area contributed by atoms with Gasteiger partial charge in [-0.1, -0.05) is 49.4 Å². The Bertz CT molecular complexity index is 1330. The van der Waals surface area contributed by atoms with Gasteiger partial charge in [0.25, 0.3) is 0 Å². The summed E-state index contributed by atoms with van der Waals surface area (Å²) in [5, 5.41) is 3.24. The average molecular weight is 446 g/mol. The van der Waals surface area contributed by atoms with Crippen LogP contribution in [0.4, 0.5) is 14.6 Å². The number of hydrogen-bond donors (Lipinski definition) is 1. The molecular weight excluding hydrogens is 424 g/mol. The second-order valence-electron chi connectivity index (χ2n) is 8.01. The molecule has 1 N–H and O–H groups in total. The van der Waals surface area contributed by atoms with Crippen molar-refractivity contribution in [2.75, 3.05) is 5.32 Å². The van der Waals surface area contributed by atoms with Crippen molar-refractivity contribution in [1.29, 1.82) is 0 Å². The summed E-state index contributed by atoms with van der Waals surface area (Å²) in [5.74, 6) is 0.0702. The number of nitrogens with one attached hydrogen (secondary N) is 1. The van der Waals surface area contributed by atoms with Crippen LogP contribution in [0, 0.1) is 11.6 Å². The lowest BCUT2D eigenvalue weighted by molar-refractivity contribution is -0.552. The largest absolute Gasteiger partial charge is 0.466 e. The van der Waals surface area contributed by atoms with Crippen molar-refractivity contribution in [3.8, 4) is 11.3 Å². The van der Waals surface area contributed by atoms with E-state index in [-0.39, 0.29) is 17.9 Å². The molecule has 0 spiro atoms. The number of halogens is 2. The van der Waals surface area contributed by atoms with Crippen molar-refractivity contribution in [3.05, 3.63) is 101 Å². The van der Waals surface area contributed by atoms with Crippen LogP contribution in [0.25, 0.3) is 11.3 Å². The van der Waals surface area contributed by atoms with Gasteiger partial charge in [0.15, 0.2) is 11.6 Å². The predicted molar refractivity (Wildman–Crippen MR) is 119 cm³/mol.